The second-order valence-electron chi connectivity index (χ2n) is 4.05. The molecule has 0 fully saturated rings. The molecule has 8 heteroatoms. The van der Waals surface area contributed by atoms with Crippen LogP contribution in [0, 0.1) is 12.7 Å². The van der Waals surface area contributed by atoms with Gasteiger partial charge in [0.1, 0.15) is 0 Å². The third kappa shape index (κ3) is 3.19. The maximum Gasteiger partial charge on any atom is 0.387 e. The van der Waals surface area contributed by atoms with Crippen molar-refractivity contribution >= 4 is 17.4 Å². The van der Waals surface area contributed by atoms with Crippen LogP contribution in [0.2, 0.25) is 0 Å². The lowest BCUT2D eigenvalue weighted by Gasteiger charge is -2.10. The summed E-state index contributed by atoms with van der Waals surface area (Å²) in [4.78, 5) is 0.421. The van der Waals surface area contributed by atoms with Crippen molar-refractivity contribution in [3.63, 3.8) is 0 Å². The highest BCUT2D eigenvalue weighted by Crippen LogP contribution is 2.36. The summed E-state index contributed by atoms with van der Waals surface area (Å²) in [5, 5.41) is 4.91. The topological polar surface area (TPSA) is 53.1 Å². The third-order valence-corrected chi connectivity index (χ3v) is 3.62. The van der Waals surface area contributed by atoms with Crippen LogP contribution in [0.15, 0.2) is 28.1 Å². The van der Waals surface area contributed by atoms with E-state index in [1.165, 1.54) is 11.8 Å². The van der Waals surface area contributed by atoms with Gasteiger partial charge in [0.15, 0.2) is 11.6 Å². The van der Waals surface area contributed by atoms with Gasteiger partial charge in [-0.1, -0.05) is 11.8 Å². The molecule has 108 valence electrons. The number of nitrogen functional groups attached to an aromatic ring is 1. The van der Waals surface area contributed by atoms with Crippen molar-refractivity contribution < 1.29 is 17.9 Å². The van der Waals surface area contributed by atoms with Gasteiger partial charge in [-0.15, -0.1) is 0 Å². The lowest BCUT2D eigenvalue weighted by atomic mass is 10.3. The van der Waals surface area contributed by atoms with E-state index in [4.69, 9.17) is 5.73 Å². The van der Waals surface area contributed by atoms with Gasteiger partial charge in [-0.3, -0.25) is 4.68 Å². The molecule has 0 saturated carbocycles. The maximum atomic E-state index is 13.4. The molecule has 0 aliphatic heterocycles. The molecular weight excluding hydrogens is 291 g/mol. The molecule has 1 aromatic carbocycles. The van der Waals surface area contributed by atoms with Crippen LogP contribution >= 0.6 is 11.8 Å². The highest BCUT2D eigenvalue weighted by atomic mass is 32.2. The Morgan fingerprint density at radius 3 is 2.60 bits per heavy atom. The fourth-order valence-corrected chi connectivity index (χ4v) is 2.59. The SMILES string of the molecule is Cc1cc(Sc2cc(OC(F)F)c(F)cc2N)n(C)n1. The van der Waals surface area contributed by atoms with Crippen LogP contribution < -0.4 is 10.5 Å². The molecule has 2 N–H and O–H groups in total. The van der Waals surface area contributed by atoms with Crippen molar-refractivity contribution in [1.29, 1.82) is 0 Å². The molecule has 0 atom stereocenters. The van der Waals surface area contributed by atoms with Gasteiger partial charge < -0.3 is 10.5 Å². The Morgan fingerprint density at radius 1 is 1.35 bits per heavy atom. The minimum atomic E-state index is -3.09. The molecule has 0 radical (unpaired) electrons. The van der Waals surface area contributed by atoms with Crippen LogP contribution in [0.25, 0.3) is 0 Å². The van der Waals surface area contributed by atoms with E-state index in [1.807, 2.05) is 6.92 Å². The molecule has 0 unspecified atom stereocenters. The van der Waals surface area contributed by atoms with Crippen LogP contribution in [0.4, 0.5) is 18.9 Å². The summed E-state index contributed by atoms with van der Waals surface area (Å²) in [6.07, 6.45) is 0. The molecule has 1 heterocycles. The molecule has 4 nitrogen and oxygen atoms in total. The quantitative estimate of drug-likeness (QED) is 0.881. The summed E-state index contributed by atoms with van der Waals surface area (Å²) in [6, 6.07) is 3.92. The number of aryl methyl sites for hydroxylation is 2. The number of ether oxygens (including phenoxy) is 1. The van der Waals surface area contributed by atoms with Crippen molar-refractivity contribution in [2.75, 3.05) is 5.73 Å². The number of hydrogen-bond donors (Lipinski definition) is 1. The van der Waals surface area contributed by atoms with Gasteiger partial charge >= 0.3 is 6.61 Å². The second kappa shape index (κ2) is 5.66. The lowest BCUT2D eigenvalue weighted by Crippen LogP contribution is -2.05. The fourth-order valence-electron chi connectivity index (χ4n) is 1.62. The Morgan fingerprint density at radius 2 is 2.05 bits per heavy atom. The monoisotopic (exact) mass is 303 g/mol. The summed E-state index contributed by atoms with van der Waals surface area (Å²) < 4.78 is 43.6. The van der Waals surface area contributed by atoms with E-state index in [-0.39, 0.29) is 5.69 Å². The first-order valence-electron chi connectivity index (χ1n) is 5.59. The number of benzene rings is 1. The van der Waals surface area contributed by atoms with E-state index in [2.05, 4.69) is 9.84 Å². The van der Waals surface area contributed by atoms with Gasteiger partial charge in [-0.2, -0.15) is 13.9 Å². The Kier molecular flexibility index (Phi) is 4.12. The molecule has 0 spiro atoms. The van der Waals surface area contributed by atoms with Gasteiger partial charge in [-0.25, -0.2) is 4.39 Å². The molecule has 0 aliphatic rings. The summed E-state index contributed by atoms with van der Waals surface area (Å²) in [6.45, 7) is -1.27. The highest BCUT2D eigenvalue weighted by Gasteiger charge is 2.15. The minimum Gasteiger partial charge on any atom is -0.432 e. The minimum absolute atomic E-state index is 0.146. The second-order valence-corrected chi connectivity index (χ2v) is 5.11. The number of aromatic nitrogens is 2. The first-order valence-corrected chi connectivity index (χ1v) is 6.41. The Hall–Kier alpha value is -1.83. The van der Waals surface area contributed by atoms with Crippen molar-refractivity contribution in [3.8, 4) is 5.75 Å². The Labute approximate surface area is 117 Å². The first-order chi connectivity index (χ1) is 9.36. The van der Waals surface area contributed by atoms with E-state index in [0.29, 0.717) is 4.90 Å². The number of rotatable bonds is 4. The fraction of sp³-hybridized carbons (Fsp3) is 0.250. The van der Waals surface area contributed by atoms with Crippen molar-refractivity contribution in [2.45, 2.75) is 23.5 Å². The van der Waals surface area contributed by atoms with Crippen LogP contribution in [0.3, 0.4) is 0 Å². The summed E-state index contributed by atoms with van der Waals surface area (Å²) in [7, 11) is 1.74. The number of halogens is 3. The number of alkyl halides is 2. The summed E-state index contributed by atoms with van der Waals surface area (Å²) in [5.74, 6) is -1.45. The molecule has 0 amide bonds. The van der Waals surface area contributed by atoms with Crippen molar-refractivity contribution in [2.24, 2.45) is 7.05 Å². The van der Waals surface area contributed by atoms with Crippen molar-refractivity contribution in [3.05, 3.63) is 29.7 Å². The Bertz CT molecular complexity index is 631. The average Bonchev–Trinajstić information content (AvgIpc) is 2.63. The molecule has 20 heavy (non-hydrogen) atoms. The van der Waals surface area contributed by atoms with Crippen LogP contribution in [0.5, 0.6) is 5.75 Å². The number of hydrogen-bond acceptors (Lipinski definition) is 4. The van der Waals surface area contributed by atoms with Crippen LogP contribution in [0.1, 0.15) is 5.69 Å². The van der Waals surface area contributed by atoms with Gasteiger partial charge in [0.05, 0.1) is 10.7 Å². The predicted molar refractivity (Wildman–Crippen MR) is 69.5 cm³/mol. The Balaban J connectivity index is 2.33. The largest absolute Gasteiger partial charge is 0.432 e. The van der Waals surface area contributed by atoms with E-state index in [0.717, 1.165) is 22.9 Å². The summed E-state index contributed by atoms with van der Waals surface area (Å²) in [5.41, 5.74) is 6.64. The number of nitrogens with two attached hydrogens (primary N) is 1. The molecular formula is C12H12F3N3OS. The molecule has 2 aromatic rings. The zero-order valence-electron chi connectivity index (χ0n) is 10.7. The lowest BCUT2D eigenvalue weighted by molar-refractivity contribution is -0.0523. The molecule has 0 aliphatic carbocycles. The zero-order valence-corrected chi connectivity index (χ0v) is 11.5. The smallest absolute Gasteiger partial charge is 0.387 e. The van der Waals surface area contributed by atoms with E-state index in [1.54, 1.807) is 17.8 Å². The van der Waals surface area contributed by atoms with E-state index >= 15 is 0 Å². The number of nitrogens with zero attached hydrogens (tertiary/aromatic N) is 2. The van der Waals surface area contributed by atoms with E-state index in [9.17, 15) is 13.2 Å². The van der Waals surface area contributed by atoms with Gasteiger partial charge in [0.2, 0.25) is 0 Å². The molecule has 0 bridgehead atoms. The average molecular weight is 303 g/mol. The van der Waals surface area contributed by atoms with Crippen LogP contribution in [-0.4, -0.2) is 16.4 Å². The maximum absolute atomic E-state index is 13.4. The highest BCUT2D eigenvalue weighted by molar-refractivity contribution is 7.99. The predicted octanol–water partition coefficient (Wildman–Crippen LogP) is 3.20. The van der Waals surface area contributed by atoms with Crippen LogP contribution in [-0.2, 0) is 7.05 Å². The molecule has 0 saturated heterocycles. The first kappa shape index (κ1) is 14.6. The van der Waals surface area contributed by atoms with Crippen molar-refractivity contribution in [1.82, 2.24) is 9.78 Å². The summed E-state index contributed by atoms with van der Waals surface area (Å²) >= 11 is 1.20. The van der Waals surface area contributed by atoms with Gasteiger partial charge in [-0.05, 0) is 19.1 Å². The molecule has 1 aromatic heterocycles. The number of anilines is 1. The third-order valence-electron chi connectivity index (χ3n) is 2.45. The normalized spacial score (nSPS) is 11.1. The standard InChI is InChI=1S/C12H12F3N3OS/c1-6-3-11(18(2)17-6)20-10-5-9(19-12(14)15)7(13)4-8(10)16/h3-5,12H,16H2,1-2H3. The van der Waals surface area contributed by atoms with E-state index < -0.39 is 18.2 Å². The van der Waals surface area contributed by atoms with Gasteiger partial charge in [0.25, 0.3) is 0 Å². The van der Waals surface area contributed by atoms with Gasteiger partial charge in [0, 0.05) is 23.7 Å². The zero-order chi connectivity index (χ0) is 14.9. The molecule has 2 rings (SSSR count).